The second-order valence-electron chi connectivity index (χ2n) is 7.64. The summed E-state index contributed by atoms with van der Waals surface area (Å²) in [5.74, 6) is 0. The quantitative estimate of drug-likeness (QED) is 0.731. The van der Waals surface area contributed by atoms with Crippen molar-refractivity contribution in [3.05, 3.63) is 0 Å². The van der Waals surface area contributed by atoms with E-state index in [-0.39, 0.29) is 22.2 Å². The zero-order chi connectivity index (χ0) is 16.4. The van der Waals surface area contributed by atoms with Crippen LogP contribution in [0.2, 0.25) is 0 Å². The fourth-order valence-electron chi connectivity index (χ4n) is 1.35. The van der Waals surface area contributed by atoms with Gasteiger partial charge in [0.1, 0.15) is 0 Å². The van der Waals surface area contributed by atoms with Gasteiger partial charge in [0.15, 0.2) is 0 Å². The van der Waals surface area contributed by atoms with Crippen LogP contribution in [0.5, 0.6) is 0 Å². The van der Waals surface area contributed by atoms with Crippen molar-refractivity contribution in [3.63, 3.8) is 0 Å². The van der Waals surface area contributed by atoms with E-state index in [1.807, 2.05) is 41.5 Å². The van der Waals surface area contributed by atoms with Crippen molar-refractivity contribution in [1.29, 1.82) is 0 Å². The average Bonchev–Trinajstić information content (AvgIpc) is 2.46. The minimum atomic E-state index is -0.406. The van der Waals surface area contributed by atoms with Gasteiger partial charge in [0, 0.05) is 5.60 Å². The van der Waals surface area contributed by atoms with Gasteiger partial charge < -0.3 is 14.0 Å². The van der Waals surface area contributed by atoms with Crippen LogP contribution in [-0.4, -0.2) is 31.2 Å². The molecule has 0 atom stereocenters. The smallest absolute Gasteiger partial charge is 0.438 e. The molecule has 1 saturated heterocycles. The molecule has 3 nitrogen and oxygen atoms in total. The van der Waals surface area contributed by atoms with Gasteiger partial charge in [-0.1, -0.05) is 34.6 Å². The molecular formula is C15H33B2O3. The Labute approximate surface area is 127 Å². The van der Waals surface area contributed by atoms with Gasteiger partial charge in [-0.3, -0.25) is 0 Å². The van der Waals surface area contributed by atoms with E-state index in [4.69, 9.17) is 14.0 Å². The zero-order valence-electron chi connectivity index (χ0n) is 15.4. The standard InChI is InChI=1S/C13H27B2O3.C2H6/c1-10(2,3)11(4,5)16-14-15-17-12(6,7)13(8,9)18-15;1-2/h1-9H3;1-2H3. The third-order valence-corrected chi connectivity index (χ3v) is 4.55. The Morgan fingerprint density at radius 3 is 1.50 bits per heavy atom. The van der Waals surface area contributed by atoms with Crippen LogP contribution in [0.3, 0.4) is 0 Å². The molecular weight excluding hydrogens is 250 g/mol. The van der Waals surface area contributed by atoms with Crippen molar-refractivity contribution < 1.29 is 14.0 Å². The molecule has 1 radical (unpaired) electrons. The average molecular weight is 283 g/mol. The second kappa shape index (κ2) is 6.41. The third kappa shape index (κ3) is 4.51. The Balaban J connectivity index is 0.00000172. The molecule has 1 heterocycles. The summed E-state index contributed by atoms with van der Waals surface area (Å²) in [4.78, 5) is 0. The van der Waals surface area contributed by atoms with Gasteiger partial charge in [-0.15, -0.1) is 0 Å². The minimum Gasteiger partial charge on any atom is -0.438 e. The van der Waals surface area contributed by atoms with Gasteiger partial charge >= 0.3 is 14.4 Å². The molecule has 0 amide bonds. The first-order valence-corrected chi connectivity index (χ1v) is 7.65. The lowest BCUT2D eigenvalue weighted by molar-refractivity contribution is 0.00441. The van der Waals surface area contributed by atoms with E-state index >= 15 is 0 Å². The second-order valence-corrected chi connectivity index (χ2v) is 7.64. The van der Waals surface area contributed by atoms with Crippen molar-refractivity contribution in [3.8, 4) is 0 Å². The minimum absolute atomic E-state index is 0.0487. The summed E-state index contributed by atoms with van der Waals surface area (Å²) in [6.07, 6.45) is 0. The molecule has 1 rings (SSSR count). The Morgan fingerprint density at radius 2 is 1.20 bits per heavy atom. The van der Waals surface area contributed by atoms with Gasteiger partial charge in [-0.05, 0) is 47.0 Å². The number of rotatable bonds is 3. The topological polar surface area (TPSA) is 27.7 Å². The zero-order valence-corrected chi connectivity index (χ0v) is 15.4. The molecule has 0 bridgehead atoms. The Hall–Kier alpha value is 0.00987. The summed E-state index contributed by atoms with van der Waals surface area (Å²) in [5.41, 5.74) is -0.851. The maximum atomic E-state index is 5.89. The molecule has 5 heteroatoms. The fourth-order valence-corrected chi connectivity index (χ4v) is 1.35. The molecule has 117 valence electrons. The Morgan fingerprint density at radius 1 is 0.850 bits per heavy atom. The molecule has 1 aliphatic rings. The van der Waals surface area contributed by atoms with E-state index in [0.717, 1.165) is 0 Å². The van der Waals surface area contributed by atoms with Crippen molar-refractivity contribution in [2.45, 2.75) is 93.0 Å². The van der Waals surface area contributed by atoms with Crippen LogP contribution >= 0.6 is 0 Å². The molecule has 20 heavy (non-hydrogen) atoms. The van der Waals surface area contributed by atoms with Crippen LogP contribution < -0.4 is 0 Å². The van der Waals surface area contributed by atoms with Crippen LogP contribution in [0.25, 0.3) is 0 Å². The van der Waals surface area contributed by atoms with Crippen LogP contribution in [0.15, 0.2) is 0 Å². The summed E-state index contributed by atoms with van der Waals surface area (Å²) in [6.45, 7) is 22.8. The van der Waals surface area contributed by atoms with Gasteiger partial charge in [-0.2, -0.15) is 0 Å². The molecule has 0 saturated carbocycles. The van der Waals surface area contributed by atoms with Crippen molar-refractivity contribution in [1.82, 2.24) is 0 Å². The highest BCUT2D eigenvalue weighted by Crippen LogP contribution is 2.37. The summed E-state index contributed by atoms with van der Waals surface area (Å²) < 4.78 is 17.6. The summed E-state index contributed by atoms with van der Waals surface area (Å²) in [7, 11) is 1.28. The summed E-state index contributed by atoms with van der Waals surface area (Å²) >= 11 is 0. The van der Waals surface area contributed by atoms with Gasteiger partial charge in [0.05, 0.1) is 11.2 Å². The fraction of sp³-hybridized carbons (Fsp3) is 1.00. The summed E-state index contributed by atoms with van der Waals surface area (Å²) in [6, 6.07) is 0. The lowest BCUT2D eigenvalue weighted by atomic mass is 9.55. The van der Waals surface area contributed by atoms with E-state index < -0.39 is 7.01 Å². The van der Waals surface area contributed by atoms with E-state index in [9.17, 15) is 0 Å². The van der Waals surface area contributed by atoms with E-state index in [1.54, 1.807) is 7.37 Å². The molecule has 1 aliphatic heterocycles. The summed E-state index contributed by atoms with van der Waals surface area (Å²) in [5, 5.41) is 0. The first kappa shape index (κ1) is 20.0. The number of hydrogen-bond acceptors (Lipinski definition) is 3. The maximum absolute atomic E-state index is 5.89. The van der Waals surface area contributed by atoms with Crippen molar-refractivity contribution in [2.75, 3.05) is 0 Å². The highest BCUT2D eigenvalue weighted by atomic mass is 16.7. The molecule has 1 fully saturated rings. The van der Waals surface area contributed by atoms with Crippen LogP contribution in [0.1, 0.15) is 76.2 Å². The lowest BCUT2D eigenvalue weighted by Crippen LogP contribution is -2.44. The first-order chi connectivity index (χ1) is 8.79. The largest absolute Gasteiger partial charge is 0.439 e. The Kier molecular flexibility index (Phi) is 6.42. The molecule has 0 spiro atoms. The van der Waals surface area contributed by atoms with Gasteiger partial charge in [0.2, 0.25) is 0 Å². The Bertz CT molecular complexity index is 291. The van der Waals surface area contributed by atoms with Gasteiger partial charge in [0.25, 0.3) is 0 Å². The molecule has 0 N–H and O–H groups in total. The molecule has 0 aliphatic carbocycles. The highest BCUT2D eigenvalue weighted by Gasteiger charge is 2.52. The first-order valence-electron chi connectivity index (χ1n) is 7.65. The van der Waals surface area contributed by atoms with E-state index in [1.165, 1.54) is 0 Å². The van der Waals surface area contributed by atoms with Crippen molar-refractivity contribution in [2.24, 2.45) is 5.41 Å². The predicted octanol–water partition coefficient (Wildman–Crippen LogP) is 4.06. The number of hydrogen-bond donors (Lipinski definition) is 0. The third-order valence-electron chi connectivity index (χ3n) is 4.55. The van der Waals surface area contributed by atoms with E-state index in [2.05, 4.69) is 34.6 Å². The van der Waals surface area contributed by atoms with Crippen LogP contribution in [0.4, 0.5) is 0 Å². The predicted molar refractivity (Wildman–Crippen MR) is 87.8 cm³/mol. The molecule has 0 aromatic carbocycles. The molecule has 0 unspecified atom stereocenters. The monoisotopic (exact) mass is 283 g/mol. The SMILES string of the molecule is CC.CC(C)(C)C(C)(C)O[B]B1OC(C)(C)C(C)(C)O1. The van der Waals surface area contributed by atoms with Crippen LogP contribution in [-0.2, 0) is 14.0 Å². The van der Waals surface area contributed by atoms with Crippen molar-refractivity contribution >= 4 is 14.4 Å². The molecule has 0 aromatic rings. The lowest BCUT2D eigenvalue weighted by Gasteiger charge is -2.39. The highest BCUT2D eigenvalue weighted by molar-refractivity contribution is 7.03. The molecule has 0 aromatic heterocycles. The maximum Gasteiger partial charge on any atom is 0.439 e. The van der Waals surface area contributed by atoms with E-state index in [0.29, 0.717) is 0 Å². The van der Waals surface area contributed by atoms with Crippen LogP contribution in [0, 0.1) is 5.41 Å². The normalized spacial score (nSPS) is 21.2. The van der Waals surface area contributed by atoms with Gasteiger partial charge in [-0.25, -0.2) is 0 Å².